The smallest absolute Gasteiger partial charge is 0.294 e. The first-order chi connectivity index (χ1) is 13.6. The number of fused-ring (bicyclic) bond motifs is 1. The Bertz CT molecular complexity index is 909. The molecular formula is C20H25N3O5. The molecule has 28 heavy (non-hydrogen) atoms. The fraction of sp³-hybridized carbons (Fsp3) is 0.450. The van der Waals surface area contributed by atoms with E-state index in [-0.39, 0.29) is 23.8 Å². The number of carbonyl (C=O) groups is 1. The highest BCUT2D eigenvalue weighted by Gasteiger charge is 2.29. The fourth-order valence-electron chi connectivity index (χ4n) is 3.14. The molecule has 0 spiro atoms. The molecule has 0 saturated carbocycles. The van der Waals surface area contributed by atoms with Gasteiger partial charge in [-0.25, -0.2) is 4.68 Å². The zero-order chi connectivity index (χ0) is 20.1. The van der Waals surface area contributed by atoms with E-state index >= 15 is 0 Å². The van der Waals surface area contributed by atoms with E-state index in [1.807, 2.05) is 25.1 Å². The lowest BCUT2D eigenvalue weighted by Crippen LogP contribution is -2.44. The molecule has 2 heterocycles. The number of rotatable bonds is 8. The minimum atomic E-state index is -0.300. The van der Waals surface area contributed by atoms with Crippen LogP contribution >= 0.6 is 0 Å². The van der Waals surface area contributed by atoms with E-state index < -0.39 is 0 Å². The Labute approximate surface area is 163 Å². The summed E-state index contributed by atoms with van der Waals surface area (Å²) in [6.45, 7) is 2.82. The Morgan fingerprint density at radius 2 is 1.93 bits per heavy atom. The number of carbonyl (C=O) groups excluding carboxylic acids is 1. The molecule has 0 atom stereocenters. The third-order valence-electron chi connectivity index (χ3n) is 4.70. The van der Waals surface area contributed by atoms with Crippen LogP contribution in [0.25, 0.3) is 0 Å². The fourth-order valence-corrected chi connectivity index (χ4v) is 3.14. The molecule has 0 saturated heterocycles. The molecule has 1 aliphatic heterocycles. The molecule has 0 aliphatic carbocycles. The van der Waals surface area contributed by atoms with Crippen molar-refractivity contribution in [1.82, 2.24) is 9.78 Å². The summed E-state index contributed by atoms with van der Waals surface area (Å²) in [7, 11) is 3.16. The lowest BCUT2D eigenvalue weighted by atomic mass is 10.1. The summed E-state index contributed by atoms with van der Waals surface area (Å²) < 4.78 is 17.4. The van der Waals surface area contributed by atoms with Gasteiger partial charge >= 0.3 is 0 Å². The van der Waals surface area contributed by atoms with Gasteiger partial charge in [0, 0.05) is 13.1 Å². The number of methoxy groups -OCH3 is 2. The normalized spacial score (nSPS) is 13.1. The zero-order valence-electron chi connectivity index (χ0n) is 16.4. The average molecular weight is 387 g/mol. The lowest BCUT2D eigenvalue weighted by molar-refractivity contribution is -0.121. The van der Waals surface area contributed by atoms with Crippen LogP contribution in [-0.2, 0) is 17.8 Å². The van der Waals surface area contributed by atoms with Gasteiger partial charge in [0.25, 0.3) is 11.5 Å². The third kappa shape index (κ3) is 3.95. The highest BCUT2D eigenvalue weighted by molar-refractivity contribution is 5.97. The lowest BCUT2D eigenvalue weighted by Gasteiger charge is -2.28. The van der Waals surface area contributed by atoms with E-state index in [0.717, 1.165) is 18.4 Å². The molecule has 0 bridgehead atoms. The summed E-state index contributed by atoms with van der Waals surface area (Å²) in [5.74, 6) is 1.38. The maximum Gasteiger partial charge on any atom is 0.294 e. The molecule has 1 aliphatic rings. The molecule has 150 valence electrons. The van der Waals surface area contributed by atoms with E-state index in [1.165, 1.54) is 15.8 Å². The predicted molar refractivity (Wildman–Crippen MR) is 105 cm³/mol. The molecule has 1 aromatic carbocycles. The SMILES string of the molecule is CCCCn1ncc2c(c1=O)N(CCc1ccc(OC)c(OC)c1)C(=O)CO2. The summed E-state index contributed by atoms with van der Waals surface area (Å²) in [5.41, 5.74) is 0.938. The maximum atomic E-state index is 12.9. The quantitative estimate of drug-likeness (QED) is 0.689. The molecule has 3 rings (SSSR count). The Morgan fingerprint density at radius 3 is 2.64 bits per heavy atom. The minimum Gasteiger partial charge on any atom is -0.493 e. The summed E-state index contributed by atoms with van der Waals surface area (Å²) in [5, 5.41) is 4.16. The highest BCUT2D eigenvalue weighted by Crippen LogP contribution is 2.30. The van der Waals surface area contributed by atoms with Crippen LogP contribution in [0, 0.1) is 0 Å². The van der Waals surface area contributed by atoms with Crippen molar-refractivity contribution >= 4 is 11.6 Å². The summed E-state index contributed by atoms with van der Waals surface area (Å²) in [6, 6.07) is 5.61. The Balaban J connectivity index is 1.85. The van der Waals surface area contributed by atoms with Crippen LogP contribution in [0.2, 0.25) is 0 Å². The molecule has 0 unspecified atom stereocenters. The van der Waals surface area contributed by atoms with Gasteiger partial charge in [0.05, 0.1) is 20.4 Å². The number of aryl methyl sites for hydroxylation is 1. The van der Waals surface area contributed by atoms with E-state index in [9.17, 15) is 9.59 Å². The first-order valence-corrected chi connectivity index (χ1v) is 9.33. The Kier molecular flexibility index (Phi) is 6.18. The number of benzene rings is 1. The molecule has 8 nitrogen and oxygen atoms in total. The second-order valence-corrected chi connectivity index (χ2v) is 6.51. The number of hydrogen-bond donors (Lipinski definition) is 0. The molecule has 1 amide bonds. The van der Waals surface area contributed by atoms with Crippen LogP contribution < -0.4 is 24.7 Å². The molecule has 0 fully saturated rings. The van der Waals surface area contributed by atoms with Gasteiger partial charge in [-0.05, 0) is 30.5 Å². The number of unbranched alkanes of at least 4 members (excludes halogenated alkanes) is 1. The third-order valence-corrected chi connectivity index (χ3v) is 4.70. The van der Waals surface area contributed by atoms with Crippen LogP contribution in [-0.4, -0.2) is 43.1 Å². The molecule has 1 aromatic heterocycles. The molecule has 0 N–H and O–H groups in total. The largest absolute Gasteiger partial charge is 0.493 e. The van der Waals surface area contributed by atoms with Crippen molar-refractivity contribution < 1.29 is 19.0 Å². The molecule has 8 heteroatoms. The summed E-state index contributed by atoms with van der Waals surface area (Å²) in [6.07, 6.45) is 3.86. The van der Waals surface area contributed by atoms with Gasteiger partial charge in [0.15, 0.2) is 29.5 Å². The van der Waals surface area contributed by atoms with Gasteiger partial charge in [-0.3, -0.25) is 9.59 Å². The van der Waals surface area contributed by atoms with Gasteiger partial charge in [-0.1, -0.05) is 19.4 Å². The number of aromatic nitrogens is 2. The molecular weight excluding hydrogens is 362 g/mol. The van der Waals surface area contributed by atoms with Crippen LogP contribution in [0.5, 0.6) is 17.2 Å². The van der Waals surface area contributed by atoms with Crippen molar-refractivity contribution in [3.8, 4) is 17.2 Å². The van der Waals surface area contributed by atoms with E-state index in [0.29, 0.717) is 36.8 Å². The van der Waals surface area contributed by atoms with E-state index in [4.69, 9.17) is 14.2 Å². The van der Waals surface area contributed by atoms with Gasteiger partial charge in [-0.2, -0.15) is 5.10 Å². The number of ether oxygens (including phenoxy) is 3. The van der Waals surface area contributed by atoms with Gasteiger partial charge in [0.2, 0.25) is 0 Å². The Morgan fingerprint density at radius 1 is 1.14 bits per heavy atom. The van der Waals surface area contributed by atoms with Gasteiger partial charge < -0.3 is 19.1 Å². The topological polar surface area (TPSA) is 82.9 Å². The Hall–Kier alpha value is -3.03. The number of amides is 1. The van der Waals surface area contributed by atoms with Crippen molar-refractivity contribution in [2.75, 3.05) is 32.3 Å². The number of nitrogens with zero attached hydrogens (tertiary/aromatic N) is 3. The minimum absolute atomic E-state index is 0.0982. The van der Waals surface area contributed by atoms with Crippen LogP contribution in [0.3, 0.4) is 0 Å². The first kappa shape index (κ1) is 19.7. The summed E-state index contributed by atoms with van der Waals surface area (Å²) in [4.78, 5) is 26.8. The summed E-state index contributed by atoms with van der Waals surface area (Å²) >= 11 is 0. The standard InChI is InChI=1S/C20H25N3O5/c1-4-5-9-23-20(25)19-17(12-21-23)28-13-18(24)22(19)10-8-14-6-7-15(26-2)16(11-14)27-3/h6-7,11-12H,4-5,8-10,13H2,1-3H3. The monoisotopic (exact) mass is 387 g/mol. The molecule has 0 radical (unpaired) electrons. The van der Waals surface area contributed by atoms with Crippen molar-refractivity contribution in [3.63, 3.8) is 0 Å². The maximum absolute atomic E-state index is 12.9. The van der Waals surface area contributed by atoms with Gasteiger partial charge in [0.1, 0.15) is 0 Å². The van der Waals surface area contributed by atoms with Crippen molar-refractivity contribution in [1.29, 1.82) is 0 Å². The second kappa shape index (κ2) is 8.77. The number of hydrogen-bond acceptors (Lipinski definition) is 6. The second-order valence-electron chi connectivity index (χ2n) is 6.51. The van der Waals surface area contributed by atoms with Gasteiger partial charge in [-0.15, -0.1) is 0 Å². The highest BCUT2D eigenvalue weighted by atomic mass is 16.5. The van der Waals surface area contributed by atoms with Crippen LogP contribution in [0.4, 0.5) is 5.69 Å². The molecule has 2 aromatic rings. The number of anilines is 1. The predicted octanol–water partition coefficient (Wildman–Crippen LogP) is 2.03. The van der Waals surface area contributed by atoms with E-state index in [2.05, 4.69) is 5.10 Å². The van der Waals surface area contributed by atoms with Crippen molar-refractivity contribution in [2.45, 2.75) is 32.7 Å². The first-order valence-electron chi connectivity index (χ1n) is 9.33. The van der Waals surface area contributed by atoms with Crippen LogP contribution in [0.15, 0.2) is 29.2 Å². The zero-order valence-corrected chi connectivity index (χ0v) is 16.4. The van der Waals surface area contributed by atoms with E-state index in [1.54, 1.807) is 14.2 Å². The average Bonchev–Trinajstić information content (AvgIpc) is 2.72. The van der Waals surface area contributed by atoms with Crippen molar-refractivity contribution in [3.05, 3.63) is 40.3 Å². The van der Waals surface area contributed by atoms with Crippen molar-refractivity contribution in [2.24, 2.45) is 0 Å². The van der Waals surface area contributed by atoms with Crippen LogP contribution in [0.1, 0.15) is 25.3 Å².